The second kappa shape index (κ2) is 6.38. The molecule has 0 spiro atoms. The van der Waals surface area contributed by atoms with Crippen molar-refractivity contribution in [3.05, 3.63) is 51.7 Å². The van der Waals surface area contributed by atoms with Crippen molar-refractivity contribution < 1.29 is 9.53 Å². The van der Waals surface area contributed by atoms with Gasteiger partial charge < -0.3 is 10.1 Å². The van der Waals surface area contributed by atoms with E-state index in [0.717, 1.165) is 18.7 Å². The molecule has 0 unspecified atom stereocenters. The van der Waals surface area contributed by atoms with Gasteiger partial charge in [-0.05, 0) is 36.8 Å². The number of benzene rings is 1. The van der Waals surface area contributed by atoms with Crippen molar-refractivity contribution in [1.82, 2.24) is 0 Å². The quantitative estimate of drug-likeness (QED) is 0.845. The molecule has 0 aliphatic carbocycles. The summed E-state index contributed by atoms with van der Waals surface area (Å²) in [4.78, 5) is 14.1. The third-order valence-electron chi connectivity index (χ3n) is 2.82. The number of hydrogen-bond donors (Lipinski definition) is 1. The van der Waals surface area contributed by atoms with E-state index in [4.69, 9.17) is 4.74 Å². The molecule has 1 aromatic heterocycles. The molecule has 3 nitrogen and oxygen atoms in total. The summed E-state index contributed by atoms with van der Waals surface area (Å²) in [5, 5.41) is 3.32. The number of anilines is 1. The minimum Gasteiger partial charge on any atom is -0.465 e. The summed E-state index contributed by atoms with van der Waals surface area (Å²) in [6, 6.07) is 11.6. The van der Waals surface area contributed by atoms with Gasteiger partial charge in [-0.1, -0.05) is 13.0 Å². The van der Waals surface area contributed by atoms with Gasteiger partial charge in [-0.3, -0.25) is 0 Å². The van der Waals surface area contributed by atoms with Gasteiger partial charge in [0.05, 0.1) is 12.7 Å². The molecule has 0 radical (unpaired) electrons. The molecule has 4 heteroatoms. The van der Waals surface area contributed by atoms with Crippen molar-refractivity contribution in [3.8, 4) is 0 Å². The van der Waals surface area contributed by atoms with E-state index in [1.165, 1.54) is 16.9 Å². The van der Waals surface area contributed by atoms with Crippen LogP contribution < -0.4 is 5.32 Å². The number of hydrogen-bond acceptors (Lipinski definition) is 4. The van der Waals surface area contributed by atoms with E-state index >= 15 is 0 Å². The van der Waals surface area contributed by atoms with Crippen LogP contribution >= 0.6 is 11.3 Å². The molecule has 0 aliphatic heterocycles. The number of nitrogens with one attached hydrogen (secondary N) is 1. The first-order valence-corrected chi connectivity index (χ1v) is 7.04. The van der Waals surface area contributed by atoms with Crippen molar-refractivity contribution in [2.75, 3.05) is 12.4 Å². The predicted octanol–water partition coefficient (Wildman–Crippen LogP) is 3.71. The van der Waals surface area contributed by atoms with Crippen LogP contribution in [0.15, 0.2) is 36.4 Å². The Balaban J connectivity index is 2.01. The molecule has 2 rings (SSSR count). The lowest BCUT2D eigenvalue weighted by Gasteiger charge is -2.06. The topological polar surface area (TPSA) is 38.3 Å². The van der Waals surface area contributed by atoms with Crippen molar-refractivity contribution in [1.29, 1.82) is 0 Å². The Labute approximate surface area is 117 Å². The van der Waals surface area contributed by atoms with Gasteiger partial charge in [0, 0.05) is 22.0 Å². The molecule has 0 aliphatic rings. The zero-order valence-electron chi connectivity index (χ0n) is 11.1. The average Bonchev–Trinajstić information content (AvgIpc) is 2.92. The second-order valence-corrected chi connectivity index (χ2v) is 5.40. The Morgan fingerprint density at radius 3 is 2.74 bits per heavy atom. The number of carbonyl (C=O) groups excluding carboxylic acids is 1. The number of esters is 1. The molecular weight excluding hydrogens is 258 g/mol. The van der Waals surface area contributed by atoms with Crippen LogP contribution in [-0.2, 0) is 17.7 Å². The van der Waals surface area contributed by atoms with E-state index in [1.807, 2.05) is 23.5 Å². The lowest BCUT2D eigenvalue weighted by Crippen LogP contribution is -2.03. The third kappa shape index (κ3) is 3.58. The summed E-state index contributed by atoms with van der Waals surface area (Å²) in [6.07, 6.45) is 1.07. The fraction of sp³-hybridized carbons (Fsp3) is 0.267. The first-order chi connectivity index (χ1) is 9.22. The van der Waals surface area contributed by atoms with Gasteiger partial charge >= 0.3 is 5.97 Å². The third-order valence-corrected chi connectivity index (χ3v) is 4.05. The molecule has 1 aromatic carbocycles. The maximum atomic E-state index is 11.4. The standard InChI is InChI=1S/C15H17NO2S/c1-3-13-7-8-14(19-13)10-16-12-6-4-5-11(9-12)15(17)18-2/h4-9,16H,3,10H2,1-2H3. The van der Waals surface area contributed by atoms with Crippen molar-refractivity contribution in [2.24, 2.45) is 0 Å². The Bertz CT molecular complexity index is 563. The minimum atomic E-state index is -0.312. The van der Waals surface area contributed by atoms with Crippen molar-refractivity contribution in [3.63, 3.8) is 0 Å². The molecule has 0 amide bonds. The predicted molar refractivity (Wildman–Crippen MR) is 78.8 cm³/mol. The average molecular weight is 275 g/mol. The highest BCUT2D eigenvalue weighted by Gasteiger charge is 2.05. The summed E-state index contributed by atoms with van der Waals surface area (Å²) in [7, 11) is 1.39. The molecule has 0 fully saturated rings. The van der Waals surface area contributed by atoms with Gasteiger partial charge in [-0.15, -0.1) is 11.3 Å². The van der Waals surface area contributed by atoms with Gasteiger partial charge in [-0.2, -0.15) is 0 Å². The van der Waals surface area contributed by atoms with E-state index in [2.05, 4.69) is 24.4 Å². The number of carbonyl (C=O) groups is 1. The zero-order valence-corrected chi connectivity index (χ0v) is 11.9. The van der Waals surface area contributed by atoms with Crippen LogP contribution in [0.2, 0.25) is 0 Å². The Hall–Kier alpha value is -1.81. The largest absolute Gasteiger partial charge is 0.465 e. The van der Waals surface area contributed by atoms with Gasteiger partial charge in [0.25, 0.3) is 0 Å². The van der Waals surface area contributed by atoms with E-state index in [-0.39, 0.29) is 5.97 Å². The molecule has 0 saturated carbocycles. The summed E-state index contributed by atoms with van der Waals surface area (Å²) in [6.45, 7) is 2.93. The highest BCUT2D eigenvalue weighted by molar-refractivity contribution is 7.12. The second-order valence-electron chi connectivity index (χ2n) is 4.15. The number of aryl methyl sites for hydroxylation is 1. The van der Waals surface area contributed by atoms with Crippen LogP contribution in [0, 0.1) is 0 Å². The van der Waals surface area contributed by atoms with Gasteiger partial charge in [0.1, 0.15) is 0 Å². The smallest absolute Gasteiger partial charge is 0.337 e. The molecule has 1 heterocycles. The molecular formula is C15H17NO2S. The summed E-state index contributed by atoms with van der Waals surface area (Å²) in [5.74, 6) is -0.312. The van der Waals surface area contributed by atoms with Crippen LogP contribution in [0.5, 0.6) is 0 Å². The van der Waals surface area contributed by atoms with Crippen LogP contribution in [0.3, 0.4) is 0 Å². The SMILES string of the molecule is CCc1ccc(CNc2cccc(C(=O)OC)c2)s1. The number of ether oxygens (including phenoxy) is 1. The maximum Gasteiger partial charge on any atom is 0.337 e. The summed E-state index contributed by atoms with van der Waals surface area (Å²) in [5.41, 5.74) is 1.49. The summed E-state index contributed by atoms with van der Waals surface area (Å²) >= 11 is 1.81. The van der Waals surface area contributed by atoms with Crippen LogP contribution in [-0.4, -0.2) is 13.1 Å². The molecule has 1 N–H and O–H groups in total. The monoisotopic (exact) mass is 275 g/mol. The Morgan fingerprint density at radius 2 is 2.05 bits per heavy atom. The molecule has 19 heavy (non-hydrogen) atoms. The Kier molecular flexibility index (Phi) is 4.58. The fourth-order valence-electron chi connectivity index (χ4n) is 1.77. The Morgan fingerprint density at radius 1 is 1.26 bits per heavy atom. The van der Waals surface area contributed by atoms with Crippen molar-refractivity contribution in [2.45, 2.75) is 19.9 Å². The van der Waals surface area contributed by atoms with Crippen molar-refractivity contribution >= 4 is 23.0 Å². The number of thiophene rings is 1. The normalized spacial score (nSPS) is 10.2. The lowest BCUT2D eigenvalue weighted by molar-refractivity contribution is 0.0601. The zero-order chi connectivity index (χ0) is 13.7. The molecule has 0 saturated heterocycles. The van der Waals surface area contributed by atoms with E-state index in [0.29, 0.717) is 5.56 Å². The summed E-state index contributed by atoms with van der Waals surface area (Å²) < 4.78 is 4.71. The number of methoxy groups -OCH3 is 1. The maximum absolute atomic E-state index is 11.4. The highest BCUT2D eigenvalue weighted by atomic mass is 32.1. The molecule has 0 bridgehead atoms. The van der Waals surface area contributed by atoms with E-state index in [1.54, 1.807) is 12.1 Å². The van der Waals surface area contributed by atoms with Gasteiger partial charge in [-0.25, -0.2) is 4.79 Å². The number of rotatable bonds is 5. The van der Waals surface area contributed by atoms with Gasteiger partial charge in [0.2, 0.25) is 0 Å². The van der Waals surface area contributed by atoms with Gasteiger partial charge in [0.15, 0.2) is 0 Å². The van der Waals surface area contributed by atoms with Crippen LogP contribution in [0.1, 0.15) is 27.0 Å². The first kappa shape index (κ1) is 13.6. The fourth-order valence-corrected chi connectivity index (χ4v) is 2.67. The molecule has 0 atom stereocenters. The molecule has 100 valence electrons. The highest BCUT2D eigenvalue weighted by Crippen LogP contribution is 2.19. The van der Waals surface area contributed by atoms with E-state index < -0.39 is 0 Å². The minimum absolute atomic E-state index is 0.312. The lowest BCUT2D eigenvalue weighted by atomic mass is 10.2. The van der Waals surface area contributed by atoms with Crippen LogP contribution in [0.4, 0.5) is 5.69 Å². The molecule has 2 aromatic rings. The first-order valence-electron chi connectivity index (χ1n) is 6.22. The van der Waals surface area contributed by atoms with Crippen LogP contribution in [0.25, 0.3) is 0 Å². The van der Waals surface area contributed by atoms with E-state index in [9.17, 15) is 4.79 Å².